The van der Waals surface area contributed by atoms with E-state index in [1.54, 1.807) is 26.4 Å². The maximum Gasteiger partial charge on any atom is 0.149 e. The van der Waals surface area contributed by atoms with E-state index in [4.69, 9.17) is 9.47 Å². The molecule has 0 atom stereocenters. The number of allylic oxidation sites excluding steroid dienone is 1. The highest BCUT2D eigenvalue weighted by Crippen LogP contribution is 2.38. The largest absolute Gasteiger partial charge is 0.496 e. The maximum atomic E-state index is 13.5. The molecule has 0 bridgehead atoms. The number of imidazole rings is 1. The van der Waals surface area contributed by atoms with E-state index in [1.807, 2.05) is 12.1 Å². The number of fused-ring (bicyclic) bond motifs is 1. The molecule has 1 saturated heterocycles. The number of nitrogens with zero attached hydrogens (tertiary/aromatic N) is 3. The molecule has 0 radical (unpaired) electrons. The van der Waals surface area contributed by atoms with Gasteiger partial charge in [-0.15, -0.1) is 0 Å². The zero-order valence-electron chi connectivity index (χ0n) is 16.3. The number of anilines is 1. The van der Waals surface area contributed by atoms with Gasteiger partial charge in [-0.1, -0.05) is 0 Å². The Labute approximate surface area is 168 Å². The molecule has 7 heteroatoms. The Morgan fingerprint density at radius 2 is 1.93 bits per heavy atom. The van der Waals surface area contributed by atoms with Gasteiger partial charge in [-0.25, -0.2) is 9.37 Å². The van der Waals surface area contributed by atoms with Crippen molar-refractivity contribution in [2.75, 3.05) is 32.2 Å². The fraction of sp³-hybridized carbons (Fsp3) is 0.273. The van der Waals surface area contributed by atoms with Gasteiger partial charge in [0.2, 0.25) is 0 Å². The predicted octanol–water partition coefficient (Wildman–Crippen LogP) is 4.38. The van der Waals surface area contributed by atoms with Gasteiger partial charge < -0.3 is 19.4 Å². The van der Waals surface area contributed by atoms with Crippen LogP contribution in [0.5, 0.6) is 11.5 Å². The molecular weight excluding hydrogens is 371 g/mol. The minimum absolute atomic E-state index is 0.316. The van der Waals surface area contributed by atoms with E-state index in [-0.39, 0.29) is 5.82 Å². The lowest BCUT2D eigenvalue weighted by Gasteiger charge is -2.22. The normalized spacial score (nSPS) is 14.3. The van der Waals surface area contributed by atoms with E-state index in [0.29, 0.717) is 33.7 Å². The Morgan fingerprint density at radius 1 is 1.17 bits per heavy atom. The van der Waals surface area contributed by atoms with Gasteiger partial charge in [0.05, 0.1) is 36.5 Å². The van der Waals surface area contributed by atoms with Gasteiger partial charge in [-0.2, -0.15) is 5.26 Å². The van der Waals surface area contributed by atoms with Gasteiger partial charge in [-0.05, 0) is 43.2 Å². The quantitative estimate of drug-likeness (QED) is 0.652. The standard InChI is InChI=1S/C22H21FN4O2/c1-28-20-12-19(27-7-3-4-8-27)21(29-2)10-14(20)9-15(13-24)22-25-17-6-5-16(23)11-18(17)26-22/h5-6,9-12H,3-4,7-8H2,1-2H3,(H,25,26)/b15-9-. The molecule has 1 aromatic heterocycles. The molecule has 0 saturated carbocycles. The van der Waals surface area contributed by atoms with Crippen LogP contribution in [0.15, 0.2) is 30.3 Å². The number of ether oxygens (including phenoxy) is 2. The molecule has 4 rings (SSSR count). The average molecular weight is 392 g/mol. The molecular formula is C22H21FN4O2. The van der Waals surface area contributed by atoms with Gasteiger partial charge in [0.25, 0.3) is 0 Å². The Hall–Kier alpha value is -3.53. The molecule has 1 N–H and O–H groups in total. The molecule has 0 aliphatic carbocycles. The SMILES string of the molecule is COc1cc(N2CCCC2)c(OC)cc1/C=C(/C#N)c1nc2ccc(F)cc2[nH]1. The third-order valence-electron chi connectivity index (χ3n) is 5.10. The highest BCUT2D eigenvalue weighted by molar-refractivity contribution is 5.92. The van der Waals surface area contributed by atoms with Crippen molar-refractivity contribution in [2.24, 2.45) is 0 Å². The van der Waals surface area contributed by atoms with Crippen molar-refractivity contribution in [3.8, 4) is 17.6 Å². The lowest BCUT2D eigenvalue weighted by Crippen LogP contribution is -2.18. The molecule has 148 valence electrons. The molecule has 1 aliphatic rings. The molecule has 0 amide bonds. The van der Waals surface area contributed by atoms with E-state index in [2.05, 4.69) is 20.9 Å². The summed E-state index contributed by atoms with van der Waals surface area (Å²) in [6, 6.07) is 10.3. The Morgan fingerprint density at radius 3 is 2.62 bits per heavy atom. The number of nitriles is 1. The summed E-state index contributed by atoms with van der Waals surface area (Å²) in [6.45, 7) is 1.96. The summed E-state index contributed by atoms with van der Waals surface area (Å²) in [5, 5.41) is 9.71. The number of hydrogen-bond donors (Lipinski definition) is 1. The van der Waals surface area contributed by atoms with Gasteiger partial charge >= 0.3 is 0 Å². The van der Waals surface area contributed by atoms with Crippen molar-refractivity contribution in [3.05, 3.63) is 47.5 Å². The molecule has 0 unspecified atom stereocenters. The van der Waals surface area contributed by atoms with Crippen LogP contribution in [-0.2, 0) is 0 Å². The fourth-order valence-corrected chi connectivity index (χ4v) is 3.64. The van der Waals surface area contributed by atoms with Gasteiger partial charge in [0, 0.05) is 24.7 Å². The number of methoxy groups -OCH3 is 2. The summed E-state index contributed by atoms with van der Waals surface area (Å²) in [6.07, 6.45) is 4.00. The smallest absolute Gasteiger partial charge is 0.149 e. The number of hydrogen-bond acceptors (Lipinski definition) is 5. The zero-order valence-corrected chi connectivity index (χ0v) is 16.3. The molecule has 1 fully saturated rings. The van der Waals surface area contributed by atoms with Crippen LogP contribution in [0.2, 0.25) is 0 Å². The Balaban J connectivity index is 1.78. The monoisotopic (exact) mass is 392 g/mol. The average Bonchev–Trinajstić information content (AvgIpc) is 3.41. The van der Waals surface area contributed by atoms with E-state index >= 15 is 0 Å². The Bertz CT molecular complexity index is 1120. The molecule has 3 aromatic rings. The summed E-state index contributed by atoms with van der Waals surface area (Å²) in [5.41, 5.74) is 3.13. The predicted molar refractivity (Wildman–Crippen MR) is 111 cm³/mol. The third kappa shape index (κ3) is 3.61. The van der Waals surface area contributed by atoms with E-state index in [0.717, 1.165) is 37.4 Å². The summed E-state index contributed by atoms with van der Waals surface area (Å²) < 4.78 is 24.7. The summed E-state index contributed by atoms with van der Waals surface area (Å²) in [4.78, 5) is 9.69. The fourth-order valence-electron chi connectivity index (χ4n) is 3.64. The van der Waals surface area contributed by atoms with Crippen molar-refractivity contribution in [3.63, 3.8) is 0 Å². The van der Waals surface area contributed by atoms with Crippen molar-refractivity contribution in [2.45, 2.75) is 12.8 Å². The first kappa shape index (κ1) is 18.8. The minimum atomic E-state index is -0.362. The van der Waals surface area contributed by atoms with E-state index in [9.17, 15) is 9.65 Å². The number of H-pyrrole nitrogens is 1. The topological polar surface area (TPSA) is 74.2 Å². The molecule has 2 aromatic carbocycles. The highest BCUT2D eigenvalue weighted by atomic mass is 19.1. The first-order chi connectivity index (χ1) is 14.1. The maximum absolute atomic E-state index is 13.5. The molecule has 0 spiro atoms. The number of rotatable bonds is 5. The molecule has 1 aliphatic heterocycles. The van der Waals surface area contributed by atoms with Crippen molar-refractivity contribution in [1.82, 2.24) is 9.97 Å². The molecule has 6 nitrogen and oxygen atoms in total. The van der Waals surface area contributed by atoms with Crippen molar-refractivity contribution >= 4 is 28.4 Å². The second kappa shape index (κ2) is 7.84. The second-order valence-corrected chi connectivity index (χ2v) is 6.88. The number of nitrogens with one attached hydrogen (secondary N) is 1. The first-order valence-corrected chi connectivity index (χ1v) is 9.41. The van der Waals surface area contributed by atoms with Gasteiger partial charge in [-0.3, -0.25) is 0 Å². The van der Waals surface area contributed by atoms with Crippen LogP contribution in [-0.4, -0.2) is 37.3 Å². The van der Waals surface area contributed by atoms with E-state index in [1.165, 1.54) is 12.1 Å². The first-order valence-electron chi connectivity index (χ1n) is 9.41. The lowest BCUT2D eigenvalue weighted by molar-refractivity contribution is 0.402. The zero-order chi connectivity index (χ0) is 20.4. The number of aromatic nitrogens is 2. The van der Waals surface area contributed by atoms with Crippen LogP contribution in [0.25, 0.3) is 22.7 Å². The second-order valence-electron chi connectivity index (χ2n) is 6.88. The lowest BCUT2D eigenvalue weighted by atomic mass is 10.1. The van der Waals surface area contributed by atoms with Gasteiger partial charge in [0.1, 0.15) is 29.2 Å². The minimum Gasteiger partial charge on any atom is -0.496 e. The van der Waals surface area contributed by atoms with Crippen LogP contribution in [0.3, 0.4) is 0 Å². The van der Waals surface area contributed by atoms with Crippen LogP contribution in [0, 0.1) is 17.1 Å². The molecule has 29 heavy (non-hydrogen) atoms. The van der Waals surface area contributed by atoms with Crippen molar-refractivity contribution < 1.29 is 13.9 Å². The van der Waals surface area contributed by atoms with Crippen molar-refractivity contribution in [1.29, 1.82) is 5.26 Å². The highest BCUT2D eigenvalue weighted by Gasteiger charge is 2.20. The third-order valence-corrected chi connectivity index (χ3v) is 5.10. The van der Waals surface area contributed by atoms with Gasteiger partial charge in [0.15, 0.2) is 0 Å². The van der Waals surface area contributed by atoms with Crippen LogP contribution in [0.1, 0.15) is 24.2 Å². The number of halogens is 1. The summed E-state index contributed by atoms with van der Waals surface area (Å²) in [7, 11) is 3.23. The number of aromatic amines is 1. The van der Waals surface area contributed by atoms with E-state index < -0.39 is 0 Å². The molecule has 2 heterocycles. The van der Waals surface area contributed by atoms with Crippen LogP contribution < -0.4 is 14.4 Å². The summed E-state index contributed by atoms with van der Waals surface area (Å²) >= 11 is 0. The van der Waals surface area contributed by atoms with Crippen LogP contribution >= 0.6 is 0 Å². The van der Waals surface area contributed by atoms with Crippen LogP contribution in [0.4, 0.5) is 10.1 Å². The number of benzene rings is 2. The Kier molecular flexibility index (Phi) is 5.09. The summed E-state index contributed by atoms with van der Waals surface area (Å²) in [5.74, 6) is 1.38.